The Bertz CT molecular complexity index is 657. The quantitative estimate of drug-likeness (QED) is 0.830. The third-order valence-electron chi connectivity index (χ3n) is 5.71. The largest absolute Gasteiger partial charge is 0.484 e. The third-order valence-corrected chi connectivity index (χ3v) is 5.71. The lowest BCUT2D eigenvalue weighted by atomic mass is 9.97. The van der Waals surface area contributed by atoms with Crippen molar-refractivity contribution >= 4 is 24.2 Å². The number of amides is 2. The smallest absolute Gasteiger partial charge is 0.260 e. The summed E-state index contributed by atoms with van der Waals surface area (Å²) in [6, 6.07) is 7.84. The molecular formula is C21H32ClN3O3. The number of carbonyl (C=O) groups excluding carboxylic acids is 2. The van der Waals surface area contributed by atoms with Gasteiger partial charge in [0.25, 0.3) is 11.8 Å². The molecular weight excluding hydrogens is 378 g/mol. The summed E-state index contributed by atoms with van der Waals surface area (Å²) in [5.74, 6) is 0.692. The molecule has 0 bridgehead atoms. The summed E-state index contributed by atoms with van der Waals surface area (Å²) in [7, 11) is 0. The van der Waals surface area contributed by atoms with Gasteiger partial charge in [0.05, 0.1) is 0 Å². The number of likely N-dealkylation sites (tertiary alicyclic amines) is 1. The van der Waals surface area contributed by atoms with Crippen LogP contribution in [0.1, 0.15) is 50.4 Å². The summed E-state index contributed by atoms with van der Waals surface area (Å²) in [5, 5.41) is 3.29. The SMILES string of the molecule is CC1CCCC(C)N1C(=O)COc1ccc(C(=O)N2CCNC[C@@H]2C)cc1.Cl. The fourth-order valence-electron chi connectivity index (χ4n) is 4.13. The first-order valence-electron chi connectivity index (χ1n) is 10.0. The van der Waals surface area contributed by atoms with E-state index >= 15 is 0 Å². The molecule has 1 aromatic carbocycles. The Hall–Kier alpha value is -1.79. The van der Waals surface area contributed by atoms with Crippen molar-refractivity contribution in [3.8, 4) is 5.75 Å². The zero-order chi connectivity index (χ0) is 19.4. The lowest BCUT2D eigenvalue weighted by Gasteiger charge is -2.39. The van der Waals surface area contributed by atoms with Crippen LogP contribution < -0.4 is 10.1 Å². The molecule has 6 nitrogen and oxygen atoms in total. The van der Waals surface area contributed by atoms with Gasteiger partial charge >= 0.3 is 0 Å². The van der Waals surface area contributed by atoms with Crippen molar-refractivity contribution in [3.05, 3.63) is 29.8 Å². The van der Waals surface area contributed by atoms with Gasteiger partial charge in [-0.3, -0.25) is 9.59 Å². The standard InChI is InChI=1S/C21H31N3O3.ClH/c1-15-5-4-6-16(2)24(15)20(25)14-27-19-9-7-18(8-10-19)21(26)23-12-11-22-13-17(23)3;/h7-10,15-17,22H,4-6,11-14H2,1-3H3;1H/t15?,16?,17-;/m0./s1. The predicted octanol–water partition coefficient (Wildman–Crippen LogP) is 2.71. The Kier molecular flexibility index (Phi) is 8.13. The number of rotatable bonds is 4. The zero-order valence-corrected chi connectivity index (χ0v) is 17.8. The van der Waals surface area contributed by atoms with Gasteiger partial charge in [-0.1, -0.05) is 0 Å². The van der Waals surface area contributed by atoms with Crippen molar-refractivity contribution in [1.82, 2.24) is 15.1 Å². The summed E-state index contributed by atoms with van der Waals surface area (Å²) < 4.78 is 5.69. The second-order valence-corrected chi connectivity index (χ2v) is 7.79. The van der Waals surface area contributed by atoms with Crippen LogP contribution in [-0.2, 0) is 4.79 Å². The Balaban J connectivity index is 0.00000280. The molecule has 1 aromatic rings. The molecule has 2 saturated heterocycles. The molecule has 156 valence electrons. The molecule has 2 amide bonds. The fourth-order valence-corrected chi connectivity index (χ4v) is 4.13. The van der Waals surface area contributed by atoms with Gasteiger partial charge in [-0.15, -0.1) is 12.4 Å². The van der Waals surface area contributed by atoms with Crippen molar-refractivity contribution in [3.63, 3.8) is 0 Å². The van der Waals surface area contributed by atoms with Crippen LogP contribution in [0, 0.1) is 0 Å². The molecule has 0 saturated carbocycles. The van der Waals surface area contributed by atoms with Gasteiger partial charge in [-0.25, -0.2) is 0 Å². The van der Waals surface area contributed by atoms with Crippen LogP contribution in [0.3, 0.4) is 0 Å². The van der Waals surface area contributed by atoms with Crippen LogP contribution in [0.4, 0.5) is 0 Å². The van der Waals surface area contributed by atoms with Crippen molar-refractivity contribution in [2.45, 2.75) is 58.2 Å². The van der Waals surface area contributed by atoms with E-state index in [4.69, 9.17) is 4.74 Å². The molecule has 28 heavy (non-hydrogen) atoms. The minimum Gasteiger partial charge on any atom is -0.484 e. The van der Waals surface area contributed by atoms with Gasteiger partial charge < -0.3 is 19.9 Å². The average Bonchev–Trinajstić information content (AvgIpc) is 2.66. The zero-order valence-electron chi connectivity index (χ0n) is 17.0. The van der Waals surface area contributed by atoms with E-state index in [-0.39, 0.29) is 49.0 Å². The number of hydrogen-bond donors (Lipinski definition) is 1. The second-order valence-electron chi connectivity index (χ2n) is 7.79. The molecule has 0 spiro atoms. The molecule has 0 radical (unpaired) electrons. The van der Waals surface area contributed by atoms with E-state index in [1.54, 1.807) is 24.3 Å². The molecule has 2 fully saturated rings. The lowest BCUT2D eigenvalue weighted by Crippen LogP contribution is -2.52. The predicted molar refractivity (Wildman–Crippen MR) is 112 cm³/mol. The number of piperidine rings is 1. The van der Waals surface area contributed by atoms with Crippen molar-refractivity contribution in [2.24, 2.45) is 0 Å². The van der Waals surface area contributed by atoms with Crippen LogP contribution >= 0.6 is 12.4 Å². The number of ether oxygens (including phenoxy) is 1. The minimum absolute atomic E-state index is 0. The molecule has 3 rings (SSSR count). The van der Waals surface area contributed by atoms with E-state index in [0.29, 0.717) is 11.3 Å². The maximum Gasteiger partial charge on any atom is 0.260 e. The Labute approximate surface area is 174 Å². The topological polar surface area (TPSA) is 61.9 Å². The highest BCUT2D eigenvalue weighted by Crippen LogP contribution is 2.23. The van der Waals surface area contributed by atoms with E-state index < -0.39 is 0 Å². The number of nitrogens with zero attached hydrogens (tertiary/aromatic N) is 2. The first-order chi connectivity index (χ1) is 13.0. The summed E-state index contributed by atoms with van der Waals surface area (Å²) in [4.78, 5) is 29.1. The molecule has 2 unspecified atom stereocenters. The van der Waals surface area contributed by atoms with E-state index in [0.717, 1.165) is 32.5 Å². The van der Waals surface area contributed by atoms with Gasteiger partial charge in [0.1, 0.15) is 5.75 Å². The Morgan fingerprint density at radius 1 is 1.07 bits per heavy atom. The average molecular weight is 410 g/mol. The highest BCUT2D eigenvalue weighted by atomic mass is 35.5. The highest BCUT2D eigenvalue weighted by molar-refractivity contribution is 5.94. The molecule has 7 heteroatoms. The van der Waals surface area contributed by atoms with Crippen LogP contribution in [0.15, 0.2) is 24.3 Å². The van der Waals surface area contributed by atoms with Crippen molar-refractivity contribution in [2.75, 3.05) is 26.2 Å². The van der Waals surface area contributed by atoms with Gasteiger partial charge in [0, 0.05) is 43.3 Å². The van der Waals surface area contributed by atoms with Crippen LogP contribution in [0.5, 0.6) is 5.75 Å². The van der Waals surface area contributed by atoms with Crippen LogP contribution in [0.2, 0.25) is 0 Å². The van der Waals surface area contributed by atoms with Gasteiger partial charge in [0.15, 0.2) is 6.61 Å². The maximum atomic E-state index is 12.7. The van der Waals surface area contributed by atoms with Crippen molar-refractivity contribution in [1.29, 1.82) is 0 Å². The normalized spacial score (nSPS) is 25.0. The monoisotopic (exact) mass is 409 g/mol. The first-order valence-corrected chi connectivity index (χ1v) is 10.0. The molecule has 3 atom stereocenters. The summed E-state index contributed by atoms with van der Waals surface area (Å²) in [5.41, 5.74) is 0.653. The van der Waals surface area contributed by atoms with Gasteiger partial charge in [0.2, 0.25) is 0 Å². The Morgan fingerprint density at radius 2 is 1.71 bits per heavy atom. The fraction of sp³-hybridized carbons (Fsp3) is 0.619. The molecule has 2 aliphatic rings. The van der Waals surface area contributed by atoms with Crippen LogP contribution in [0.25, 0.3) is 0 Å². The molecule has 2 aliphatic heterocycles. The van der Waals surface area contributed by atoms with E-state index in [1.165, 1.54) is 6.42 Å². The lowest BCUT2D eigenvalue weighted by molar-refractivity contribution is -0.139. The minimum atomic E-state index is 0. The van der Waals surface area contributed by atoms with E-state index in [9.17, 15) is 9.59 Å². The summed E-state index contributed by atoms with van der Waals surface area (Å²) >= 11 is 0. The number of hydrogen-bond acceptors (Lipinski definition) is 4. The van der Waals surface area contributed by atoms with Gasteiger partial charge in [-0.05, 0) is 64.3 Å². The molecule has 2 heterocycles. The number of piperazine rings is 1. The maximum absolute atomic E-state index is 12.7. The van der Waals surface area contributed by atoms with Gasteiger partial charge in [-0.2, -0.15) is 0 Å². The number of carbonyl (C=O) groups is 2. The number of halogens is 1. The first kappa shape index (κ1) is 22.5. The van der Waals surface area contributed by atoms with Crippen LogP contribution in [-0.4, -0.2) is 66.0 Å². The molecule has 0 aromatic heterocycles. The van der Waals surface area contributed by atoms with Crippen molar-refractivity contribution < 1.29 is 14.3 Å². The molecule has 1 N–H and O–H groups in total. The number of nitrogens with one attached hydrogen (secondary N) is 1. The summed E-state index contributed by atoms with van der Waals surface area (Å²) in [6.45, 7) is 8.66. The summed E-state index contributed by atoms with van der Waals surface area (Å²) in [6.07, 6.45) is 3.28. The van der Waals surface area contributed by atoms with E-state index in [2.05, 4.69) is 26.1 Å². The highest BCUT2D eigenvalue weighted by Gasteiger charge is 2.29. The number of benzene rings is 1. The van der Waals surface area contributed by atoms with E-state index in [1.807, 2.05) is 9.80 Å². The third kappa shape index (κ3) is 5.17. The molecule has 0 aliphatic carbocycles. The second kappa shape index (κ2) is 10.1. The Morgan fingerprint density at radius 3 is 2.32 bits per heavy atom.